The Hall–Kier alpha value is -2.38. The topological polar surface area (TPSA) is 71.3 Å². The molecular formula is C21H23ClN4O2S. The molecule has 6 nitrogen and oxygen atoms in total. The first kappa shape index (κ1) is 19.9. The van der Waals surface area contributed by atoms with Crippen LogP contribution in [-0.4, -0.2) is 29.1 Å². The van der Waals surface area contributed by atoms with Gasteiger partial charge in [0.2, 0.25) is 17.6 Å². The smallest absolute Gasteiger partial charge is 0.226 e. The lowest BCUT2D eigenvalue weighted by molar-refractivity contribution is -0.116. The van der Waals surface area contributed by atoms with Crippen LogP contribution in [0.4, 0.5) is 11.4 Å². The Balaban J connectivity index is 1.32. The summed E-state index contributed by atoms with van der Waals surface area (Å²) in [5.74, 6) is 1.12. The van der Waals surface area contributed by atoms with Gasteiger partial charge in [0.1, 0.15) is 0 Å². The van der Waals surface area contributed by atoms with E-state index in [0.29, 0.717) is 36.0 Å². The second kappa shape index (κ2) is 9.41. The van der Waals surface area contributed by atoms with E-state index < -0.39 is 0 Å². The maximum Gasteiger partial charge on any atom is 0.226 e. The van der Waals surface area contributed by atoms with E-state index in [1.165, 1.54) is 19.3 Å². The number of rotatable bonds is 7. The van der Waals surface area contributed by atoms with Crippen molar-refractivity contribution < 1.29 is 9.32 Å². The number of benzene rings is 1. The molecule has 152 valence electrons. The Morgan fingerprint density at radius 2 is 2.10 bits per heavy atom. The fraction of sp³-hybridized carbons (Fsp3) is 0.381. The van der Waals surface area contributed by atoms with Gasteiger partial charge in [-0.2, -0.15) is 4.98 Å². The Labute approximate surface area is 178 Å². The van der Waals surface area contributed by atoms with Gasteiger partial charge in [-0.25, -0.2) is 0 Å². The lowest BCUT2D eigenvalue weighted by Gasteiger charge is -2.30. The van der Waals surface area contributed by atoms with E-state index in [4.69, 9.17) is 16.1 Å². The van der Waals surface area contributed by atoms with Crippen molar-refractivity contribution >= 4 is 40.2 Å². The number of carbonyl (C=O) groups excluding carboxylic acids is 1. The predicted molar refractivity (Wildman–Crippen MR) is 117 cm³/mol. The molecule has 4 rings (SSSR count). The Morgan fingerprint density at radius 1 is 1.24 bits per heavy atom. The Morgan fingerprint density at radius 3 is 2.90 bits per heavy atom. The van der Waals surface area contributed by atoms with Crippen LogP contribution in [0.15, 0.2) is 40.2 Å². The molecule has 1 saturated heterocycles. The van der Waals surface area contributed by atoms with Gasteiger partial charge in [0.25, 0.3) is 0 Å². The summed E-state index contributed by atoms with van der Waals surface area (Å²) >= 11 is 7.74. The van der Waals surface area contributed by atoms with Crippen molar-refractivity contribution in [3.8, 4) is 10.7 Å². The minimum atomic E-state index is -0.0384. The molecule has 1 aliphatic rings. The molecule has 29 heavy (non-hydrogen) atoms. The molecule has 0 radical (unpaired) electrons. The number of hydrogen-bond acceptors (Lipinski definition) is 6. The largest absolute Gasteiger partial charge is 0.370 e. The average Bonchev–Trinajstić information content (AvgIpc) is 3.41. The molecule has 0 spiro atoms. The molecule has 1 fully saturated rings. The summed E-state index contributed by atoms with van der Waals surface area (Å²) in [5.41, 5.74) is 1.82. The van der Waals surface area contributed by atoms with Crippen LogP contribution in [0, 0.1) is 0 Å². The number of halogens is 1. The Bertz CT molecular complexity index is 952. The normalized spacial score (nSPS) is 14.2. The summed E-state index contributed by atoms with van der Waals surface area (Å²) < 4.78 is 5.29. The van der Waals surface area contributed by atoms with Gasteiger partial charge in [-0.3, -0.25) is 4.79 Å². The molecule has 0 bridgehead atoms. The van der Waals surface area contributed by atoms with Gasteiger partial charge in [-0.1, -0.05) is 22.8 Å². The van der Waals surface area contributed by atoms with Crippen LogP contribution in [0.2, 0.25) is 5.02 Å². The number of amides is 1. The highest BCUT2D eigenvalue weighted by Crippen LogP contribution is 2.31. The quantitative estimate of drug-likeness (QED) is 0.543. The number of nitrogens with one attached hydrogen (secondary N) is 1. The highest BCUT2D eigenvalue weighted by Gasteiger charge is 2.17. The maximum atomic E-state index is 12.5. The van der Waals surface area contributed by atoms with Gasteiger partial charge in [0.05, 0.1) is 16.3 Å². The number of nitrogens with zero attached hydrogens (tertiary/aromatic N) is 3. The van der Waals surface area contributed by atoms with Crippen molar-refractivity contribution in [2.45, 2.75) is 38.5 Å². The van der Waals surface area contributed by atoms with Crippen molar-refractivity contribution in [2.24, 2.45) is 0 Å². The van der Waals surface area contributed by atoms with Crippen molar-refractivity contribution in [2.75, 3.05) is 23.3 Å². The van der Waals surface area contributed by atoms with E-state index in [1.807, 2.05) is 35.7 Å². The number of anilines is 2. The minimum Gasteiger partial charge on any atom is -0.370 e. The van der Waals surface area contributed by atoms with Gasteiger partial charge >= 0.3 is 0 Å². The van der Waals surface area contributed by atoms with Crippen LogP contribution in [0.1, 0.15) is 38.0 Å². The monoisotopic (exact) mass is 430 g/mol. The number of carbonyl (C=O) groups is 1. The lowest BCUT2D eigenvalue weighted by Crippen LogP contribution is -2.30. The van der Waals surface area contributed by atoms with Gasteiger partial charge in [-0.15, -0.1) is 11.3 Å². The zero-order valence-corrected chi connectivity index (χ0v) is 17.6. The third-order valence-corrected chi connectivity index (χ3v) is 6.03. The summed E-state index contributed by atoms with van der Waals surface area (Å²) in [6, 6.07) is 9.61. The first-order valence-corrected chi connectivity index (χ1v) is 11.2. The highest BCUT2D eigenvalue weighted by atomic mass is 35.5. The molecule has 1 N–H and O–H groups in total. The van der Waals surface area contributed by atoms with E-state index in [0.717, 1.165) is 29.3 Å². The number of hydrogen-bond donors (Lipinski definition) is 1. The fourth-order valence-corrected chi connectivity index (χ4v) is 4.32. The summed E-state index contributed by atoms with van der Waals surface area (Å²) in [7, 11) is 0. The molecule has 1 amide bonds. The minimum absolute atomic E-state index is 0.0384. The first-order chi connectivity index (χ1) is 14.2. The van der Waals surface area contributed by atoms with Crippen LogP contribution < -0.4 is 10.2 Å². The number of thiophene rings is 1. The van der Waals surface area contributed by atoms with Crippen LogP contribution >= 0.6 is 22.9 Å². The van der Waals surface area contributed by atoms with E-state index in [-0.39, 0.29) is 5.91 Å². The van der Waals surface area contributed by atoms with E-state index in [9.17, 15) is 4.79 Å². The zero-order chi connectivity index (χ0) is 20.1. The van der Waals surface area contributed by atoms with Crippen molar-refractivity contribution in [1.29, 1.82) is 0 Å². The molecule has 0 aliphatic carbocycles. The molecule has 0 saturated carbocycles. The summed E-state index contributed by atoms with van der Waals surface area (Å²) in [6.45, 7) is 2.02. The Kier molecular flexibility index (Phi) is 6.46. The van der Waals surface area contributed by atoms with Gasteiger partial charge < -0.3 is 14.7 Å². The summed E-state index contributed by atoms with van der Waals surface area (Å²) in [4.78, 5) is 20.2. The SMILES string of the molecule is O=C(CCCc1nc(-c2cccs2)no1)Nc1cc(Cl)ccc1N1CCCCC1. The molecule has 3 heterocycles. The van der Waals surface area contributed by atoms with E-state index in [1.54, 1.807) is 11.3 Å². The lowest BCUT2D eigenvalue weighted by atomic mass is 10.1. The van der Waals surface area contributed by atoms with Gasteiger partial charge in [-0.05, 0) is 55.3 Å². The van der Waals surface area contributed by atoms with Crippen LogP contribution in [0.25, 0.3) is 10.7 Å². The first-order valence-electron chi connectivity index (χ1n) is 9.90. The molecule has 0 atom stereocenters. The maximum absolute atomic E-state index is 12.5. The zero-order valence-electron chi connectivity index (χ0n) is 16.1. The number of piperidine rings is 1. The van der Waals surface area contributed by atoms with Crippen LogP contribution in [-0.2, 0) is 11.2 Å². The molecular weight excluding hydrogens is 408 g/mol. The molecule has 2 aromatic heterocycles. The van der Waals surface area contributed by atoms with Crippen molar-refractivity contribution in [3.05, 3.63) is 46.6 Å². The summed E-state index contributed by atoms with van der Waals surface area (Å²) in [5, 5.41) is 9.63. The van der Waals surface area contributed by atoms with E-state index in [2.05, 4.69) is 20.4 Å². The molecule has 3 aromatic rings. The van der Waals surface area contributed by atoms with Crippen LogP contribution in [0.5, 0.6) is 0 Å². The van der Waals surface area contributed by atoms with Gasteiger partial charge in [0, 0.05) is 31.0 Å². The average molecular weight is 431 g/mol. The molecule has 8 heteroatoms. The van der Waals surface area contributed by atoms with Crippen molar-refractivity contribution in [1.82, 2.24) is 10.1 Å². The van der Waals surface area contributed by atoms with Crippen LogP contribution in [0.3, 0.4) is 0 Å². The molecule has 1 aliphatic heterocycles. The van der Waals surface area contributed by atoms with E-state index >= 15 is 0 Å². The second-order valence-corrected chi connectivity index (χ2v) is 8.48. The number of aryl methyl sites for hydroxylation is 1. The molecule has 1 aromatic carbocycles. The summed E-state index contributed by atoms with van der Waals surface area (Å²) in [6.07, 6.45) is 5.19. The third-order valence-electron chi connectivity index (χ3n) is 4.93. The highest BCUT2D eigenvalue weighted by molar-refractivity contribution is 7.13. The standard InChI is InChI=1S/C21H23ClN4O2S/c22-15-9-10-17(26-11-2-1-3-12-26)16(14-15)23-19(27)7-4-8-20-24-21(25-28-20)18-6-5-13-29-18/h5-6,9-10,13-14H,1-4,7-8,11-12H2,(H,23,27). The number of aromatic nitrogens is 2. The van der Waals surface area contributed by atoms with Crippen molar-refractivity contribution in [3.63, 3.8) is 0 Å². The molecule has 0 unspecified atom stereocenters. The fourth-order valence-electron chi connectivity index (χ4n) is 3.49. The third kappa shape index (κ3) is 5.16. The second-order valence-electron chi connectivity index (χ2n) is 7.10. The van der Waals surface area contributed by atoms with Gasteiger partial charge in [0.15, 0.2) is 0 Å². The predicted octanol–water partition coefficient (Wildman–Crippen LogP) is 5.40.